The quantitative estimate of drug-likeness (QED) is 0.694. The fraction of sp³-hybridized carbons (Fsp3) is 0.500. The highest BCUT2D eigenvalue weighted by Gasteiger charge is 2.13. The van der Waals surface area contributed by atoms with Crippen LogP contribution in [-0.2, 0) is 0 Å². The van der Waals surface area contributed by atoms with Crippen LogP contribution < -0.4 is 15.8 Å². The molecule has 22 heavy (non-hydrogen) atoms. The molecule has 0 aliphatic heterocycles. The van der Waals surface area contributed by atoms with E-state index in [1.165, 1.54) is 0 Å². The lowest BCUT2D eigenvalue weighted by atomic mass is 10.1. The van der Waals surface area contributed by atoms with Crippen molar-refractivity contribution in [1.82, 2.24) is 9.97 Å². The zero-order valence-corrected chi connectivity index (χ0v) is 13.2. The van der Waals surface area contributed by atoms with Gasteiger partial charge in [0, 0.05) is 18.0 Å². The van der Waals surface area contributed by atoms with E-state index < -0.39 is 0 Å². The van der Waals surface area contributed by atoms with Crippen LogP contribution in [0.3, 0.4) is 0 Å². The number of aromatic nitrogens is 2. The number of fused-ring (bicyclic) bond motifs is 1. The summed E-state index contributed by atoms with van der Waals surface area (Å²) >= 11 is 0. The maximum atomic E-state index is 9.25. The summed E-state index contributed by atoms with van der Waals surface area (Å²) in [4.78, 5) is 8.57. The summed E-state index contributed by atoms with van der Waals surface area (Å²) in [6.07, 6.45) is 3.87. The molecule has 0 unspecified atom stereocenters. The molecular formula is C16H24N4O2. The van der Waals surface area contributed by atoms with Gasteiger partial charge in [0.2, 0.25) is 5.95 Å². The lowest BCUT2D eigenvalue weighted by molar-refractivity contribution is 0.276. The summed E-state index contributed by atoms with van der Waals surface area (Å²) in [5.74, 6) is 1.67. The average molecular weight is 304 g/mol. The number of hydrogen-bond acceptors (Lipinski definition) is 6. The van der Waals surface area contributed by atoms with Crippen LogP contribution >= 0.6 is 0 Å². The number of unbranched alkanes of at least 4 members (excludes halogenated alkanes) is 1. The van der Waals surface area contributed by atoms with Gasteiger partial charge in [-0.25, -0.2) is 4.98 Å². The SMILES string of the molecule is CCCC[C@@H](CCO)Nc1nc(N)nc2ccc(OC)cc12. The molecule has 0 saturated heterocycles. The van der Waals surface area contributed by atoms with Crippen LogP contribution in [0.1, 0.15) is 32.6 Å². The average Bonchev–Trinajstić information content (AvgIpc) is 2.52. The number of nitrogen functional groups attached to an aromatic ring is 1. The minimum absolute atomic E-state index is 0.142. The number of aliphatic hydroxyl groups is 1. The molecule has 0 radical (unpaired) electrons. The van der Waals surface area contributed by atoms with E-state index in [0.29, 0.717) is 12.2 Å². The van der Waals surface area contributed by atoms with Gasteiger partial charge in [-0.2, -0.15) is 4.98 Å². The van der Waals surface area contributed by atoms with E-state index in [-0.39, 0.29) is 18.6 Å². The van der Waals surface area contributed by atoms with Gasteiger partial charge in [-0.05, 0) is 31.0 Å². The van der Waals surface area contributed by atoms with Gasteiger partial charge in [0.1, 0.15) is 11.6 Å². The summed E-state index contributed by atoms with van der Waals surface area (Å²) in [6.45, 7) is 2.29. The summed E-state index contributed by atoms with van der Waals surface area (Å²) in [5.41, 5.74) is 6.57. The fourth-order valence-corrected chi connectivity index (χ4v) is 2.45. The highest BCUT2D eigenvalue weighted by molar-refractivity contribution is 5.91. The van der Waals surface area contributed by atoms with Crippen molar-refractivity contribution in [2.24, 2.45) is 0 Å². The van der Waals surface area contributed by atoms with E-state index in [0.717, 1.165) is 35.9 Å². The second kappa shape index (κ2) is 7.79. The number of aliphatic hydroxyl groups excluding tert-OH is 1. The van der Waals surface area contributed by atoms with Crippen LogP contribution in [0.5, 0.6) is 5.75 Å². The third kappa shape index (κ3) is 3.98. The lowest BCUT2D eigenvalue weighted by Crippen LogP contribution is -2.22. The Morgan fingerprint density at radius 2 is 2.14 bits per heavy atom. The smallest absolute Gasteiger partial charge is 0.222 e. The molecule has 2 rings (SSSR count). The van der Waals surface area contributed by atoms with E-state index in [4.69, 9.17) is 10.5 Å². The fourth-order valence-electron chi connectivity index (χ4n) is 2.45. The predicted octanol–water partition coefficient (Wildman–Crippen LogP) is 2.57. The van der Waals surface area contributed by atoms with Gasteiger partial charge >= 0.3 is 0 Å². The van der Waals surface area contributed by atoms with Crippen molar-refractivity contribution in [2.45, 2.75) is 38.6 Å². The number of nitrogens with one attached hydrogen (secondary N) is 1. The van der Waals surface area contributed by atoms with E-state index in [1.54, 1.807) is 7.11 Å². The number of nitrogens with zero attached hydrogens (tertiary/aromatic N) is 2. The van der Waals surface area contributed by atoms with Crippen molar-refractivity contribution in [3.05, 3.63) is 18.2 Å². The number of nitrogens with two attached hydrogens (primary N) is 1. The van der Waals surface area contributed by atoms with Gasteiger partial charge in [-0.15, -0.1) is 0 Å². The van der Waals surface area contributed by atoms with Gasteiger partial charge in [0.15, 0.2) is 0 Å². The molecule has 0 amide bonds. The zero-order chi connectivity index (χ0) is 15.9. The lowest BCUT2D eigenvalue weighted by Gasteiger charge is -2.19. The third-order valence-electron chi connectivity index (χ3n) is 3.64. The number of anilines is 2. The Labute approximate surface area is 130 Å². The van der Waals surface area contributed by atoms with E-state index >= 15 is 0 Å². The molecule has 1 aromatic carbocycles. The first-order chi connectivity index (χ1) is 10.7. The summed E-state index contributed by atoms with van der Waals surface area (Å²) in [5, 5.41) is 13.5. The van der Waals surface area contributed by atoms with Crippen LogP contribution in [0.4, 0.5) is 11.8 Å². The standard InChI is InChI=1S/C16H24N4O2/c1-3-4-5-11(8-9-21)18-15-13-10-12(22-2)6-7-14(13)19-16(17)20-15/h6-7,10-11,21H,3-5,8-9H2,1-2H3,(H3,17,18,19,20)/t11-/m0/s1. The molecule has 6 nitrogen and oxygen atoms in total. The van der Waals surface area contributed by atoms with Crippen molar-refractivity contribution in [3.8, 4) is 5.75 Å². The molecule has 4 N–H and O–H groups in total. The summed E-state index contributed by atoms with van der Waals surface area (Å²) in [6, 6.07) is 5.77. The van der Waals surface area contributed by atoms with Crippen molar-refractivity contribution in [1.29, 1.82) is 0 Å². The normalized spacial score (nSPS) is 12.3. The molecule has 0 bridgehead atoms. The van der Waals surface area contributed by atoms with Crippen LogP contribution in [0.25, 0.3) is 10.9 Å². The minimum atomic E-state index is 0.142. The monoisotopic (exact) mass is 304 g/mol. The molecule has 0 aliphatic rings. The topological polar surface area (TPSA) is 93.3 Å². The molecule has 0 spiro atoms. The highest BCUT2D eigenvalue weighted by atomic mass is 16.5. The van der Waals surface area contributed by atoms with Crippen molar-refractivity contribution in [3.63, 3.8) is 0 Å². The molecule has 1 aromatic heterocycles. The van der Waals surface area contributed by atoms with Crippen LogP contribution in [0.2, 0.25) is 0 Å². The number of benzene rings is 1. The predicted molar refractivity (Wildman–Crippen MR) is 89.1 cm³/mol. The van der Waals surface area contributed by atoms with Gasteiger partial charge in [0.05, 0.1) is 12.6 Å². The maximum absolute atomic E-state index is 9.25. The molecule has 120 valence electrons. The molecule has 1 atom stereocenters. The second-order valence-electron chi connectivity index (χ2n) is 5.31. The summed E-state index contributed by atoms with van der Waals surface area (Å²) < 4.78 is 5.27. The van der Waals surface area contributed by atoms with Gasteiger partial charge < -0.3 is 20.9 Å². The second-order valence-corrected chi connectivity index (χ2v) is 5.31. The van der Waals surface area contributed by atoms with Gasteiger partial charge in [0.25, 0.3) is 0 Å². The minimum Gasteiger partial charge on any atom is -0.497 e. The molecule has 6 heteroatoms. The van der Waals surface area contributed by atoms with Crippen LogP contribution in [-0.4, -0.2) is 34.8 Å². The van der Waals surface area contributed by atoms with Crippen LogP contribution in [0.15, 0.2) is 18.2 Å². The molecule has 0 aliphatic carbocycles. The first-order valence-electron chi connectivity index (χ1n) is 7.66. The van der Waals surface area contributed by atoms with Gasteiger partial charge in [-0.3, -0.25) is 0 Å². The van der Waals surface area contributed by atoms with E-state index in [1.807, 2.05) is 18.2 Å². The molecule has 2 aromatic rings. The Balaban J connectivity index is 2.34. The molecule has 1 heterocycles. The van der Waals surface area contributed by atoms with Crippen molar-refractivity contribution < 1.29 is 9.84 Å². The third-order valence-corrected chi connectivity index (χ3v) is 3.64. The number of ether oxygens (including phenoxy) is 1. The largest absolute Gasteiger partial charge is 0.497 e. The summed E-state index contributed by atoms with van der Waals surface area (Å²) in [7, 11) is 1.63. The highest BCUT2D eigenvalue weighted by Crippen LogP contribution is 2.27. The number of hydrogen-bond donors (Lipinski definition) is 3. The Morgan fingerprint density at radius 3 is 2.82 bits per heavy atom. The Morgan fingerprint density at radius 1 is 1.32 bits per heavy atom. The molecule has 0 fully saturated rings. The van der Waals surface area contributed by atoms with Crippen molar-refractivity contribution in [2.75, 3.05) is 24.8 Å². The first-order valence-corrected chi connectivity index (χ1v) is 7.66. The Hall–Kier alpha value is -2.08. The number of methoxy groups -OCH3 is 1. The Bertz CT molecular complexity index is 618. The molecule has 0 saturated carbocycles. The Kier molecular flexibility index (Phi) is 5.77. The maximum Gasteiger partial charge on any atom is 0.222 e. The number of rotatable bonds is 8. The van der Waals surface area contributed by atoms with Crippen molar-refractivity contribution >= 4 is 22.7 Å². The zero-order valence-electron chi connectivity index (χ0n) is 13.2. The van der Waals surface area contributed by atoms with E-state index in [9.17, 15) is 5.11 Å². The van der Waals surface area contributed by atoms with E-state index in [2.05, 4.69) is 22.2 Å². The first kappa shape index (κ1) is 16.3. The van der Waals surface area contributed by atoms with Gasteiger partial charge in [-0.1, -0.05) is 19.8 Å². The van der Waals surface area contributed by atoms with Crippen LogP contribution in [0, 0.1) is 0 Å². The molecular weight excluding hydrogens is 280 g/mol.